The van der Waals surface area contributed by atoms with Gasteiger partial charge in [0.05, 0.1) is 41.6 Å². The number of hydrogen-bond donors (Lipinski definition) is 1. The Kier molecular flexibility index (Phi) is 5.98. The maximum atomic E-state index is 11.1. The molecule has 2 aliphatic rings. The summed E-state index contributed by atoms with van der Waals surface area (Å²) in [4.78, 5) is 0. The highest BCUT2D eigenvalue weighted by molar-refractivity contribution is 8.19. The summed E-state index contributed by atoms with van der Waals surface area (Å²) in [6, 6.07) is 0. The first-order valence-electron chi connectivity index (χ1n) is 7.24. The van der Waals surface area contributed by atoms with Gasteiger partial charge in [-0.25, -0.2) is 0 Å². The zero-order valence-electron chi connectivity index (χ0n) is 13.3. The largest absolute Gasteiger partial charge is 0.507 e. The molecule has 1 aromatic carbocycles. The summed E-state index contributed by atoms with van der Waals surface area (Å²) >= 11 is 7.34. The van der Waals surface area contributed by atoms with E-state index in [4.69, 9.17) is 14.2 Å². The van der Waals surface area contributed by atoms with Crippen molar-refractivity contribution in [2.24, 2.45) is 0 Å². The Hall–Kier alpha value is -0.180. The van der Waals surface area contributed by atoms with Crippen LogP contribution in [0, 0.1) is 0 Å². The molecule has 2 fully saturated rings. The maximum Gasteiger partial charge on any atom is 0.204 e. The molecule has 0 radical (unpaired) electrons. The molecule has 2 saturated heterocycles. The number of aromatic hydroxyl groups is 1. The molecule has 0 spiro atoms. The molecule has 0 aliphatic carbocycles. The van der Waals surface area contributed by atoms with Crippen LogP contribution in [0.4, 0.5) is 0 Å². The van der Waals surface area contributed by atoms with Crippen molar-refractivity contribution in [3.8, 4) is 23.0 Å². The first-order chi connectivity index (χ1) is 11.2. The molecule has 23 heavy (non-hydrogen) atoms. The third-order valence-electron chi connectivity index (χ3n) is 3.74. The molecule has 1 N–H and O–H groups in total. The van der Waals surface area contributed by atoms with Crippen LogP contribution in [-0.2, 0) is 0 Å². The van der Waals surface area contributed by atoms with Gasteiger partial charge in [-0.3, -0.25) is 0 Å². The lowest BCUT2D eigenvalue weighted by Crippen LogP contribution is -2.05. The fourth-order valence-corrected chi connectivity index (χ4v) is 8.65. The topological polar surface area (TPSA) is 47.9 Å². The molecule has 0 bridgehead atoms. The minimum absolute atomic E-state index is 0.167. The molecule has 0 saturated carbocycles. The van der Waals surface area contributed by atoms with Crippen molar-refractivity contribution in [3.05, 3.63) is 11.1 Å². The van der Waals surface area contributed by atoms with Crippen LogP contribution in [0.25, 0.3) is 0 Å². The van der Waals surface area contributed by atoms with E-state index in [0.29, 0.717) is 23.0 Å². The molecular formula is C15H20O4S4. The minimum Gasteiger partial charge on any atom is -0.507 e. The zero-order chi connectivity index (χ0) is 16.4. The van der Waals surface area contributed by atoms with Gasteiger partial charge < -0.3 is 19.3 Å². The summed E-state index contributed by atoms with van der Waals surface area (Å²) in [5.74, 6) is 6.37. The molecule has 0 atom stereocenters. The van der Waals surface area contributed by atoms with Crippen molar-refractivity contribution in [2.75, 3.05) is 44.3 Å². The highest BCUT2D eigenvalue weighted by Gasteiger charge is 2.36. The Morgan fingerprint density at radius 1 is 0.696 bits per heavy atom. The molecule has 128 valence electrons. The predicted octanol–water partition coefficient (Wildman–Crippen LogP) is 4.38. The van der Waals surface area contributed by atoms with E-state index in [-0.39, 0.29) is 9.16 Å². The van der Waals surface area contributed by atoms with Crippen molar-refractivity contribution < 1.29 is 19.3 Å². The third-order valence-corrected chi connectivity index (χ3v) is 9.80. The second-order valence-electron chi connectivity index (χ2n) is 4.92. The van der Waals surface area contributed by atoms with Gasteiger partial charge in [-0.2, -0.15) is 0 Å². The van der Waals surface area contributed by atoms with Gasteiger partial charge in [0.2, 0.25) is 5.75 Å². The minimum atomic E-state index is 0.167. The number of rotatable bonds is 5. The van der Waals surface area contributed by atoms with Crippen LogP contribution in [0.2, 0.25) is 0 Å². The second kappa shape index (κ2) is 7.80. The molecule has 3 rings (SSSR count). The first-order valence-corrected chi connectivity index (χ1v) is 11.4. The lowest BCUT2D eigenvalue weighted by atomic mass is 10.1. The van der Waals surface area contributed by atoms with Gasteiger partial charge in [-0.1, -0.05) is 0 Å². The predicted molar refractivity (Wildman–Crippen MR) is 103 cm³/mol. The second-order valence-corrected chi connectivity index (χ2v) is 10.4. The summed E-state index contributed by atoms with van der Waals surface area (Å²) in [5, 5.41) is 11.1. The van der Waals surface area contributed by atoms with E-state index < -0.39 is 0 Å². The van der Waals surface area contributed by atoms with Crippen LogP contribution < -0.4 is 14.2 Å². The summed E-state index contributed by atoms with van der Waals surface area (Å²) in [5.41, 5.74) is 1.67. The number of phenols is 1. The lowest BCUT2D eigenvalue weighted by Gasteiger charge is -2.25. The molecule has 2 heterocycles. The molecular weight excluding hydrogens is 372 g/mol. The van der Waals surface area contributed by atoms with Crippen molar-refractivity contribution in [2.45, 2.75) is 9.16 Å². The molecule has 8 heteroatoms. The summed E-state index contributed by atoms with van der Waals surface area (Å²) in [7, 11) is 4.85. The van der Waals surface area contributed by atoms with Crippen LogP contribution in [0.5, 0.6) is 23.0 Å². The zero-order valence-corrected chi connectivity index (χ0v) is 16.6. The normalized spacial score (nSPS) is 19.3. The number of thioether (sulfide) groups is 4. The summed E-state index contributed by atoms with van der Waals surface area (Å²) < 4.78 is 17.2. The van der Waals surface area contributed by atoms with Crippen molar-refractivity contribution >= 4 is 47.0 Å². The molecule has 0 unspecified atom stereocenters. The average Bonchev–Trinajstić information content (AvgIpc) is 3.26. The quantitative estimate of drug-likeness (QED) is 0.792. The SMILES string of the molecule is COc1c(OC)c(C2SCCS2)c(O)c(C2SCCS2)c1OC. The van der Waals surface area contributed by atoms with E-state index >= 15 is 0 Å². The van der Waals surface area contributed by atoms with E-state index in [9.17, 15) is 5.11 Å². The van der Waals surface area contributed by atoms with Crippen molar-refractivity contribution in [1.82, 2.24) is 0 Å². The standard InChI is InChI=1S/C15H20O4S4/c1-17-11-8(14-20-4-5-21-14)10(16)9(15-22-6-7-23-15)12(18-2)13(11)19-3/h14-16H,4-7H2,1-3H3. The van der Waals surface area contributed by atoms with Gasteiger partial charge in [0.25, 0.3) is 0 Å². The third kappa shape index (κ3) is 3.19. The smallest absolute Gasteiger partial charge is 0.204 e. The van der Waals surface area contributed by atoms with E-state index in [1.165, 1.54) is 0 Å². The Labute approximate surface area is 153 Å². The Morgan fingerprint density at radius 2 is 1.04 bits per heavy atom. The molecule has 4 nitrogen and oxygen atoms in total. The van der Waals surface area contributed by atoms with E-state index in [1.54, 1.807) is 21.3 Å². The van der Waals surface area contributed by atoms with Gasteiger partial charge in [-0.05, 0) is 0 Å². The van der Waals surface area contributed by atoms with E-state index in [0.717, 1.165) is 34.1 Å². The van der Waals surface area contributed by atoms with Gasteiger partial charge in [0.1, 0.15) is 5.75 Å². The Bertz CT molecular complexity index is 524. The van der Waals surface area contributed by atoms with Crippen LogP contribution >= 0.6 is 47.0 Å². The van der Waals surface area contributed by atoms with Crippen LogP contribution in [-0.4, -0.2) is 49.4 Å². The van der Waals surface area contributed by atoms with Crippen molar-refractivity contribution in [3.63, 3.8) is 0 Å². The first kappa shape index (κ1) is 17.6. The monoisotopic (exact) mass is 392 g/mol. The number of hydrogen-bond acceptors (Lipinski definition) is 8. The van der Waals surface area contributed by atoms with Gasteiger partial charge in [0.15, 0.2) is 11.5 Å². The van der Waals surface area contributed by atoms with Crippen LogP contribution in [0.15, 0.2) is 0 Å². The highest BCUT2D eigenvalue weighted by Crippen LogP contribution is 2.62. The van der Waals surface area contributed by atoms with Crippen LogP contribution in [0.1, 0.15) is 20.3 Å². The summed E-state index contributed by atoms with van der Waals surface area (Å²) in [6.45, 7) is 0. The van der Waals surface area contributed by atoms with Crippen molar-refractivity contribution in [1.29, 1.82) is 0 Å². The molecule has 0 aromatic heterocycles. The van der Waals surface area contributed by atoms with E-state index in [2.05, 4.69) is 0 Å². The molecule has 1 aromatic rings. The van der Waals surface area contributed by atoms with Gasteiger partial charge in [0, 0.05) is 23.0 Å². The number of methoxy groups -OCH3 is 3. The maximum absolute atomic E-state index is 11.1. The highest BCUT2D eigenvalue weighted by atomic mass is 32.2. The fraction of sp³-hybridized carbons (Fsp3) is 0.600. The number of benzene rings is 1. The van der Waals surface area contributed by atoms with Crippen LogP contribution in [0.3, 0.4) is 0 Å². The average molecular weight is 393 g/mol. The summed E-state index contributed by atoms with van der Waals surface area (Å²) in [6.07, 6.45) is 0. The Balaban J connectivity index is 2.22. The molecule has 2 aliphatic heterocycles. The molecule has 0 amide bonds. The lowest BCUT2D eigenvalue weighted by molar-refractivity contribution is 0.315. The number of phenolic OH excluding ortho intramolecular Hbond substituents is 1. The fourth-order valence-electron chi connectivity index (χ4n) is 2.79. The Morgan fingerprint density at radius 3 is 1.35 bits per heavy atom. The van der Waals surface area contributed by atoms with Gasteiger partial charge in [-0.15, -0.1) is 47.0 Å². The van der Waals surface area contributed by atoms with Gasteiger partial charge >= 0.3 is 0 Å². The van der Waals surface area contributed by atoms with E-state index in [1.807, 2.05) is 47.0 Å². The number of ether oxygens (including phenoxy) is 3.